The Bertz CT molecular complexity index is 186. The fraction of sp³-hybridized carbons (Fsp3) is 1.00. The van der Waals surface area contributed by atoms with Crippen molar-refractivity contribution in [1.29, 1.82) is 0 Å². The van der Waals surface area contributed by atoms with Gasteiger partial charge in [0.1, 0.15) is 0 Å². The lowest BCUT2D eigenvalue weighted by Crippen LogP contribution is -2.39. The van der Waals surface area contributed by atoms with E-state index in [9.17, 15) is 0 Å². The summed E-state index contributed by atoms with van der Waals surface area (Å²) in [7, 11) is 0. The maximum atomic E-state index is 6.52. The van der Waals surface area contributed by atoms with Crippen LogP contribution in [-0.2, 0) is 0 Å². The maximum Gasteiger partial charge on any atom is 0.0154 e. The van der Waals surface area contributed by atoms with Gasteiger partial charge in [0.15, 0.2) is 0 Å². The largest absolute Gasteiger partial charge is 0.325 e. The highest BCUT2D eigenvalue weighted by molar-refractivity contribution is 4.89. The van der Waals surface area contributed by atoms with Gasteiger partial charge in [0.2, 0.25) is 0 Å². The van der Waals surface area contributed by atoms with Crippen LogP contribution in [0.1, 0.15) is 78.6 Å². The van der Waals surface area contributed by atoms with Crippen LogP contribution < -0.4 is 5.73 Å². The molecule has 1 fully saturated rings. The van der Waals surface area contributed by atoms with Crippen LogP contribution in [0.5, 0.6) is 0 Å². The SMILES string of the molecule is CCCCCC1(N)CCCC(C)(C)CC1. The minimum absolute atomic E-state index is 0.170. The van der Waals surface area contributed by atoms with E-state index in [-0.39, 0.29) is 5.54 Å². The summed E-state index contributed by atoms with van der Waals surface area (Å²) in [6.45, 7) is 7.05. The predicted molar refractivity (Wildman–Crippen MR) is 67.9 cm³/mol. The van der Waals surface area contributed by atoms with Crippen molar-refractivity contribution in [3.63, 3.8) is 0 Å². The fourth-order valence-corrected chi connectivity index (χ4v) is 2.73. The zero-order valence-corrected chi connectivity index (χ0v) is 10.9. The molecule has 1 nitrogen and oxygen atoms in total. The average molecular weight is 211 g/mol. The van der Waals surface area contributed by atoms with Gasteiger partial charge in [0.25, 0.3) is 0 Å². The zero-order valence-electron chi connectivity index (χ0n) is 10.9. The van der Waals surface area contributed by atoms with Crippen LogP contribution >= 0.6 is 0 Å². The first-order valence-corrected chi connectivity index (χ1v) is 6.76. The maximum absolute atomic E-state index is 6.52. The molecule has 0 aromatic rings. The van der Waals surface area contributed by atoms with Gasteiger partial charge < -0.3 is 5.73 Å². The Morgan fingerprint density at radius 3 is 2.40 bits per heavy atom. The number of hydrogen-bond donors (Lipinski definition) is 1. The lowest BCUT2D eigenvalue weighted by atomic mass is 9.82. The zero-order chi connectivity index (χ0) is 11.4. The summed E-state index contributed by atoms with van der Waals surface area (Å²) in [5, 5.41) is 0. The minimum atomic E-state index is 0.170. The first-order valence-electron chi connectivity index (χ1n) is 6.76. The van der Waals surface area contributed by atoms with Crippen molar-refractivity contribution < 1.29 is 0 Å². The van der Waals surface area contributed by atoms with Crippen LogP contribution in [0.2, 0.25) is 0 Å². The Morgan fingerprint density at radius 1 is 1.00 bits per heavy atom. The predicted octanol–water partition coefficient (Wildman–Crippen LogP) is 4.25. The molecule has 0 amide bonds. The lowest BCUT2D eigenvalue weighted by molar-refractivity contribution is 0.287. The van der Waals surface area contributed by atoms with Crippen LogP contribution in [0.15, 0.2) is 0 Å². The second-order valence-electron chi connectivity index (χ2n) is 6.34. The Labute approximate surface area is 95.8 Å². The van der Waals surface area contributed by atoms with Crippen molar-refractivity contribution in [3.05, 3.63) is 0 Å². The van der Waals surface area contributed by atoms with E-state index in [0.717, 1.165) is 0 Å². The van der Waals surface area contributed by atoms with E-state index in [2.05, 4.69) is 20.8 Å². The molecule has 1 rings (SSSR count). The molecule has 0 aromatic heterocycles. The molecule has 1 aliphatic rings. The van der Waals surface area contributed by atoms with Crippen LogP contribution in [0.3, 0.4) is 0 Å². The molecule has 0 bridgehead atoms. The third kappa shape index (κ3) is 4.55. The molecule has 0 saturated heterocycles. The molecular formula is C14H29N. The molecule has 1 aliphatic carbocycles. The summed E-state index contributed by atoms with van der Waals surface area (Å²) >= 11 is 0. The molecule has 0 heterocycles. The van der Waals surface area contributed by atoms with Crippen LogP contribution in [0.25, 0.3) is 0 Å². The van der Waals surface area contributed by atoms with Gasteiger partial charge in [-0.1, -0.05) is 46.5 Å². The normalized spacial score (nSPS) is 31.2. The smallest absolute Gasteiger partial charge is 0.0154 e. The highest BCUT2D eigenvalue weighted by Crippen LogP contribution is 2.38. The quantitative estimate of drug-likeness (QED) is 0.546. The molecule has 0 aliphatic heterocycles. The number of unbranched alkanes of at least 4 members (excludes halogenated alkanes) is 2. The number of rotatable bonds is 4. The standard InChI is InChI=1S/C14H29N/c1-4-5-6-9-14(15)10-7-8-13(2,3)11-12-14/h4-12,15H2,1-3H3. The van der Waals surface area contributed by atoms with Gasteiger partial charge in [0.05, 0.1) is 0 Å². The first-order chi connectivity index (χ1) is 6.97. The van der Waals surface area contributed by atoms with Crippen molar-refractivity contribution in [1.82, 2.24) is 0 Å². The number of nitrogens with two attached hydrogens (primary N) is 1. The molecule has 0 radical (unpaired) electrons. The van der Waals surface area contributed by atoms with E-state index in [0.29, 0.717) is 5.41 Å². The number of hydrogen-bond acceptors (Lipinski definition) is 1. The van der Waals surface area contributed by atoms with Crippen molar-refractivity contribution in [2.24, 2.45) is 11.1 Å². The van der Waals surface area contributed by atoms with Gasteiger partial charge in [0, 0.05) is 5.54 Å². The molecule has 1 saturated carbocycles. The van der Waals surface area contributed by atoms with Gasteiger partial charge in [-0.05, 0) is 37.5 Å². The van der Waals surface area contributed by atoms with E-state index in [1.54, 1.807) is 0 Å². The second kappa shape index (κ2) is 5.34. The second-order valence-corrected chi connectivity index (χ2v) is 6.34. The minimum Gasteiger partial charge on any atom is -0.325 e. The average Bonchev–Trinajstić information content (AvgIpc) is 2.27. The molecule has 90 valence electrons. The van der Waals surface area contributed by atoms with E-state index in [1.165, 1.54) is 57.8 Å². The Morgan fingerprint density at radius 2 is 1.73 bits per heavy atom. The van der Waals surface area contributed by atoms with E-state index in [1.807, 2.05) is 0 Å². The fourth-order valence-electron chi connectivity index (χ4n) is 2.73. The summed E-state index contributed by atoms with van der Waals surface area (Å²) in [6.07, 6.45) is 11.7. The van der Waals surface area contributed by atoms with Crippen LogP contribution in [-0.4, -0.2) is 5.54 Å². The monoisotopic (exact) mass is 211 g/mol. The van der Waals surface area contributed by atoms with Gasteiger partial charge in [-0.2, -0.15) is 0 Å². The van der Waals surface area contributed by atoms with Crippen molar-refractivity contribution in [2.75, 3.05) is 0 Å². The van der Waals surface area contributed by atoms with Gasteiger partial charge >= 0.3 is 0 Å². The molecule has 1 unspecified atom stereocenters. The molecular weight excluding hydrogens is 182 g/mol. The molecule has 15 heavy (non-hydrogen) atoms. The molecule has 1 atom stereocenters. The van der Waals surface area contributed by atoms with Crippen molar-refractivity contribution >= 4 is 0 Å². The summed E-state index contributed by atoms with van der Waals surface area (Å²) in [5.41, 5.74) is 7.22. The van der Waals surface area contributed by atoms with Gasteiger partial charge in [-0.15, -0.1) is 0 Å². The first kappa shape index (κ1) is 13.0. The van der Waals surface area contributed by atoms with Crippen molar-refractivity contribution in [3.8, 4) is 0 Å². The Kier molecular flexibility index (Phi) is 4.64. The topological polar surface area (TPSA) is 26.0 Å². The summed E-state index contributed by atoms with van der Waals surface area (Å²) in [6, 6.07) is 0. The summed E-state index contributed by atoms with van der Waals surface area (Å²) in [4.78, 5) is 0. The third-order valence-corrected chi connectivity index (χ3v) is 4.11. The highest BCUT2D eigenvalue weighted by atomic mass is 14.7. The van der Waals surface area contributed by atoms with E-state index < -0.39 is 0 Å². The summed E-state index contributed by atoms with van der Waals surface area (Å²) in [5.74, 6) is 0. The molecule has 0 spiro atoms. The molecule has 2 N–H and O–H groups in total. The summed E-state index contributed by atoms with van der Waals surface area (Å²) < 4.78 is 0. The van der Waals surface area contributed by atoms with Crippen LogP contribution in [0.4, 0.5) is 0 Å². The lowest BCUT2D eigenvalue weighted by Gasteiger charge is -2.29. The third-order valence-electron chi connectivity index (χ3n) is 4.11. The highest BCUT2D eigenvalue weighted by Gasteiger charge is 2.31. The van der Waals surface area contributed by atoms with E-state index >= 15 is 0 Å². The molecule has 0 aromatic carbocycles. The van der Waals surface area contributed by atoms with E-state index in [4.69, 9.17) is 5.73 Å². The van der Waals surface area contributed by atoms with Crippen molar-refractivity contribution in [2.45, 2.75) is 84.1 Å². The van der Waals surface area contributed by atoms with Gasteiger partial charge in [-0.25, -0.2) is 0 Å². The van der Waals surface area contributed by atoms with Crippen LogP contribution in [0, 0.1) is 5.41 Å². The van der Waals surface area contributed by atoms with Gasteiger partial charge in [-0.3, -0.25) is 0 Å². The Balaban J connectivity index is 2.40. The Hall–Kier alpha value is -0.0400. The molecule has 1 heteroatoms.